The van der Waals surface area contributed by atoms with Gasteiger partial charge in [-0.2, -0.15) is 0 Å². The maximum Gasteiger partial charge on any atom is 0.335 e. The Bertz CT molecular complexity index is 506. The molecule has 0 radical (unpaired) electrons. The van der Waals surface area contributed by atoms with Gasteiger partial charge in [0.05, 0.1) is 11.7 Å². The van der Waals surface area contributed by atoms with Gasteiger partial charge in [0, 0.05) is 12.7 Å². The lowest BCUT2D eigenvalue weighted by Crippen LogP contribution is -2.19. The van der Waals surface area contributed by atoms with Crippen molar-refractivity contribution in [3.05, 3.63) is 35.1 Å². The number of hydrogen-bond donors (Lipinski definition) is 3. The molecule has 0 saturated heterocycles. The minimum absolute atomic E-state index is 0.0114. The summed E-state index contributed by atoms with van der Waals surface area (Å²) in [6.45, 7) is 1.39. The van der Waals surface area contributed by atoms with Gasteiger partial charge in [0.15, 0.2) is 5.12 Å². The number of rotatable bonds is 6. The fraction of sp³-hybridized carbons (Fsp3) is 0.385. The lowest BCUT2D eigenvalue weighted by Gasteiger charge is -2.18. The monoisotopic (exact) mass is 302 g/mol. The zero-order valence-corrected chi connectivity index (χ0v) is 11.6. The summed E-state index contributed by atoms with van der Waals surface area (Å²) in [4.78, 5) is 21.5. The van der Waals surface area contributed by atoms with E-state index in [1.807, 2.05) is 0 Å². The summed E-state index contributed by atoms with van der Waals surface area (Å²) in [6.07, 6.45) is -2.48. The summed E-state index contributed by atoms with van der Waals surface area (Å²) < 4.78 is 13.3. The van der Waals surface area contributed by atoms with Crippen molar-refractivity contribution in [3.63, 3.8) is 0 Å². The molecule has 0 fully saturated rings. The van der Waals surface area contributed by atoms with E-state index in [1.54, 1.807) is 0 Å². The molecule has 1 aromatic carbocycles. The number of aromatic carboxylic acids is 1. The maximum absolute atomic E-state index is 13.3. The molecule has 0 aliphatic heterocycles. The zero-order valence-electron chi connectivity index (χ0n) is 10.7. The lowest BCUT2D eigenvalue weighted by molar-refractivity contribution is -0.109. The van der Waals surface area contributed by atoms with Crippen LogP contribution in [0.15, 0.2) is 18.2 Å². The number of carboxylic acids is 1. The van der Waals surface area contributed by atoms with Gasteiger partial charge >= 0.3 is 5.97 Å². The van der Waals surface area contributed by atoms with Crippen LogP contribution in [0.5, 0.6) is 0 Å². The van der Waals surface area contributed by atoms with Crippen LogP contribution in [0.4, 0.5) is 4.39 Å². The van der Waals surface area contributed by atoms with Crippen molar-refractivity contribution < 1.29 is 29.3 Å². The number of carboxylic acid groups (broad SMARTS) is 1. The molecular formula is C13H15FO5S. The van der Waals surface area contributed by atoms with E-state index in [4.69, 9.17) is 5.11 Å². The molecular weight excluding hydrogens is 287 g/mol. The largest absolute Gasteiger partial charge is 0.478 e. The van der Waals surface area contributed by atoms with E-state index in [0.717, 1.165) is 30.0 Å². The highest BCUT2D eigenvalue weighted by molar-refractivity contribution is 8.13. The van der Waals surface area contributed by atoms with Crippen molar-refractivity contribution >= 4 is 22.8 Å². The van der Waals surface area contributed by atoms with Gasteiger partial charge in [-0.15, -0.1) is 0 Å². The van der Waals surface area contributed by atoms with E-state index in [2.05, 4.69) is 0 Å². The van der Waals surface area contributed by atoms with Gasteiger partial charge in [0.2, 0.25) is 0 Å². The number of aliphatic hydroxyl groups excluding tert-OH is 2. The van der Waals surface area contributed by atoms with Crippen LogP contribution in [0.25, 0.3) is 0 Å². The molecule has 2 unspecified atom stereocenters. The Labute approximate surface area is 119 Å². The molecule has 0 heterocycles. The second-order valence-electron chi connectivity index (χ2n) is 4.22. The molecule has 1 aromatic rings. The highest BCUT2D eigenvalue weighted by Crippen LogP contribution is 2.22. The van der Waals surface area contributed by atoms with Crippen molar-refractivity contribution in [1.29, 1.82) is 0 Å². The van der Waals surface area contributed by atoms with E-state index in [1.165, 1.54) is 6.92 Å². The van der Waals surface area contributed by atoms with E-state index < -0.39 is 24.0 Å². The average molecular weight is 302 g/mol. The number of benzene rings is 1. The van der Waals surface area contributed by atoms with Crippen LogP contribution >= 0.6 is 11.8 Å². The molecule has 110 valence electrons. The van der Waals surface area contributed by atoms with Crippen LogP contribution in [-0.4, -0.2) is 38.3 Å². The molecule has 0 aromatic heterocycles. The predicted octanol–water partition coefficient (Wildman–Crippen LogP) is 1.59. The van der Waals surface area contributed by atoms with E-state index >= 15 is 0 Å². The summed E-state index contributed by atoms with van der Waals surface area (Å²) in [7, 11) is 0. The third-order valence-electron chi connectivity index (χ3n) is 2.59. The molecule has 0 spiro atoms. The van der Waals surface area contributed by atoms with Gasteiger partial charge in [-0.3, -0.25) is 4.79 Å². The van der Waals surface area contributed by atoms with Crippen LogP contribution in [0.3, 0.4) is 0 Å². The predicted molar refractivity (Wildman–Crippen MR) is 72.1 cm³/mol. The number of aliphatic hydroxyl groups is 2. The molecule has 0 amide bonds. The van der Waals surface area contributed by atoms with Gasteiger partial charge < -0.3 is 15.3 Å². The third kappa shape index (κ3) is 4.92. The average Bonchev–Trinajstić information content (AvgIpc) is 2.36. The summed E-state index contributed by atoms with van der Waals surface area (Å²) in [5.74, 6) is -1.81. The second kappa shape index (κ2) is 7.37. The summed E-state index contributed by atoms with van der Waals surface area (Å²) >= 11 is 1.01. The summed E-state index contributed by atoms with van der Waals surface area (Å²) in [5, 5.41) is 28.3. The fourth-order valence-electron chi connectivity index (χ4n) is 1.61. The maximum atomic E-state index is 13.3. The van der Waals surface area contributed by atoms with Crippen molar-refractivity contribution in [2.24, 2.45) is 0 Å². The van der Waals surface area contributed by atoms with Crippen LogP contribution in [0, 0.1) is 5.82 Å². The molecule has 3 N–H and O–H groups in total. The van der Waals surface area contributed by atoms with Gasteiger partial charge in [-0.05, 0) is 30.2 Å². The molecule has 1 rings (SSSR count). The molecule has 5 nitrogen and oxygen atoms in total. The van der Waals surface area contributed by atoms with Crippen molar-refractivity contribution in [2.45, 2.75) is 25.6 Å². The van der Waals surface area contributed by atoms with Crippen molar-refractivity contribution in [3.8, 4) is 0 Å². The minimum atomic E-state index is -1.41. The van der Waals surface area contributed by atoms with Crippen LogP contribution in [-0.2, 0) is 4.79 Å². The highest BCUT2D eigenvalue weighted by atomic mass is 32.2. The minimum Gasteiger partial charge on any atom is -0.478 e. The fourth-order valence-corrected chi connectivity index (χ4v) is 2.26. The Balaban J connectivity index is 2.77. The third-order valence-corrected chi connectivity index (χ3v) is 3.44. The first-order chi connectivity index (χ1) is 9.31. The topological polar surface area (TPSA) is 94.8 Å². The number of hydrogen-bond acceptors (Lipinski definition) is 5. The molecule has 0 bridgehead atoms. The lowest BCUT2D eigenvalue weighted by atomic mass is 10.0. The Hall–Kier alpha value is -1.44. The Morgan fingerprint density at radius 1 is 1.30 bits per heavy atom. The van der Waals surface area contributed by atoms with Crippen molar-refractivity contribution in [1.82, 2.24) is 0 Å². The smallest absolute Gasteiger partial charge is 0.335 e. The first kappa shape index (κ1) is 16.6. The zero-order chi connectivity index (χ0) is 15.3. The van der Waals surface area contributed by atoms with Crippen LogP contribution in [0.2, 0.25) is 0 Å². The first-order valence-corrected chi connectivity index (χ1v) is 6.83. The molecule has 0 aliphatic carbocycles. The van der Waals surface area contributed by atoms with Crippen LogP contribution < -0.4 is 0 Å². The van der Waals surface area contributed by atoms with E-state index in [0.29, 0.717) is 5.75 Å². The Kier molecular flexibility index (Phi) is 6.12. The SMILES string of the molecule is CC(=O)SCCC(O)C(O)c1cc(F)cc(C(=O)O)c1. The molecule has 0 saturated carbocycles. The summed E-state index contributed by atoms with van der Waals surface area (Å²) in [6, 6.07) is 2.91. The van der Waals surface area contributed by atoms with Gasteiger partial charge in [0.1, 0.15) is 11.9 Å². The number of thioether (sulfide) groups is 1. The van der Waals surface area contributed by atoms with E-state index in [-0.39, 0.29) is 22.7 Å². The number of carbonyl (C=O) groups is 2. The number of halogens is 1. The molecule has 0 aliphatic rings. The Morgan fingerprint density at radius 2 is 1.95 bits per heavy atom. The first-order valence-electron chi connectivity index (χ1n) is 5.84. The quantitative estimate of drug-likeness (QED) is 0.738. The molecule has 2 atom stereocenters. The molecule has 7 heteroatoms. The normalized spacial score (nSPS) is 13.8. The molecule has 20 heavy (non-hydrogen) atoms. The van der Waals surface area contributed by atoms with Crippen molar-refractivity contribution in [2.75, 3.05) is 5.75 Å². The van der Waals surface area contributed by atoms with E-state index in [9.17, 15) is 24.2 Å². The van der Waals surface area contributed by atoms with Gasteiger partial charge in [-0.25, -0.2) is 9.18 Å². The number of carbonyl (C=O) groups excluding carboxylic acids is 1. The second-order valence-corrected chi connectivity index (χ2v) is 5.49. The summed E-state index contributed by atoms with van der Waals surface area (Å²) in [5.41, 5.74) is -0.313. The highest BCUT2D eigenvalue weighted by Gasteiger charge is 2.20. The Morgan fingerprint density at radius 3 is 2.50 bits per heavy atom. The van der Waals surface area contributed by atoms with Crippen LogP contribution in [0.1, 0.15) is 35.4 Å². The van der Waals surface area contributed by atoms with Gasteiger partial charge in [0.25, 0.3) is 0 Å². The van der Waals surface area contributed by atoms with Gasteiger partial charge in [-0.1, -0.05) is 11.8 Å². The standard InChI is InChI=1S/C13H15FO5S/c1-7(15)20-3-2-11(16)12(17)8-4-9(13(18)19)6-10(14)5-8/h4-6,11-12,16-17H,2-3H2,1H3,(H,18,19).